The van der Waals surface area contributed by atoms with E-state index in [1.807, 2.05) is 0 Å². The van der Waals surface area contributed by atoms with Crippen molar-refractivity contribution in [3.8, 4) is 5.75 Å². The number of benzene rings is 1. The Labute approximate surface area is 144 Å². The molecule has 9 heteroatoms. The zero-order chi connectivity index (χ0) is 18.3. The quantitative estimate of drug-likeness (QED) is 0.339. The molecule has 6 N–H and O–H groups in total. The number of rotatable bonds is 8. The molecule has 0 unspecified atom stereocenters. The molecule has 0 spiro atoms. The van der Waals surface area contributed by atoms with Crippen molar-refractivity contribution >= 4 is 30.4 Å². The minimum absolute atomic E-state index is 0.0399. The van der Waals surface area contributed by atoms with E-state index in [-0.39, 0.29) is 17.9 Å². The number of thiol groups is 1. The lowest BCUT2D eigenvalue weighted by Gasteiger charge is -2.20. The molecule has 0 aliphatic heterocycles. The van der Waals surface area contributed by atoms with E-state index >= 15 is 0 Å². The molecule has 0 aliphatic rings. The van der Waals surface area contributed by atoms with E-state index in [0.29, 0.717) is 5.56 Å². The molecule has 0 heterocycles. The van der Waals surface area contributed by atoms with Gasteiger partial charge in [0.05, 0.1) is 6.04 Å². The van der Waals surface area contributed by atoms with Crippen molar-refractivity contribution in [1.29, 1.82) is 0 Å². The average Bonchev–Trinajstić information content (AvgIpc) is 2.54. The second-order valence-corrected chi connectivity index (χ2v) is 5.65. The molecular formula is C15H21N3O5S. The van der Waals surface area contributed by atoms with Crippen LogP contribution in [-0.2, 0) is 20.8 Å². The molecule has 0 saturated heterocycles. The summed E-state index contributed by atoms with van der Waals surface area (Å²) >= 11 is 3.89. The predicted octanol–water partition coefficient (Wildman–Crippen LogP) is -0.734. The van der Waals surface area contributed by atoms with Crippen LogP contribution in [0.25, 0.3) is 0 Å². The minimum Gasteiger partial charge on any atom is -0.508 e. The number of carboxylic acid groups (broad SMARTS) is 1. The molecule has 8 nitrogen and oxygen atoms in total. The lowest BCUT2D eigenvalue weighted by Crippen LogP contribution is -2.54. The van der Waals surface area contributed by atoms with Crippen molar-refractivity contribution in [2.45, 2.75) is 31.5 Å². The number of phenolic OH excluding ortho intramolecular Hbond substituents is 1. The number of carbonyl (C=O) groups excluding carboxylic acids is 2. The Bertz CT molecular complexity index is 593. The van der Waals surface area contributed by atoms with E-state index < -0.39 is 35.9 Å². The lowest BCUT2D eigenvalue weighted by molar-refractivity contribution is -0.142. The third kappa shape index (κ3) is 6.09. The van der Waals surface area contributed by atoms with Gasteiger partial charge in [0.15, 0.2) is 0 Å². The van der Waals surface area contributed by atoms with Crippen molar-refractivity contribution in [2.75, 3.05) is 5.75 Å². The van der Waals surface area contributed by atoms with E-state index in [2.05, 4.69) is 23.3 Å². The Kier molecular flexibility index (Phi) is 7.53. The number of hydrogen-bond acceptors (Lipinski definition) is 6. The smallest absolute Gasteiger partial charge is 0.326 e. The standard InChI is InChI=1S/C15H21N3O5S/c1-8(17-14(21)11(16)7-24)13(20)18-12(15(22)23)6-9-2-4-10(19)5-3-9/h2-5,8,11-12,19,24H,6-7,16H2,1H3,(H,17,21)(H,18,20)(H,22,23)/t8-,11-,12-/m0/s1. The zero-order valence-electron chi connectivity index (χ0n) is 13.1. The van der Waals surface area contributed by atoms with E-state index in [0.717, 1.165) is 0 Å². The van der Waals surface area contributed by atoms with Gasteiger partial charge in [-0.15, -0.1) is 0 Å². The summed E-state index contributed by atoms with van der Waals surface area (Å²) in [5.41, 5.74) is 6.13. The molecule has 24 heavy (non-hydrogen) atoms. The third-order valence-electron chi connectivity index (χ3n) is 3.28. The maximum atomic E-state index is 12.1. The van der Waals surface area contributed by atoms with Gasteiger partial charge in [0.25, 0.3) is 0 Å². The van der Waals surface area contributed by atoms with E-state index in [9.17, 15) is 24.6 Å². The topological polar surface area (TPSA) is 142 Å². The van der Waals surface area contributed by atoms with Crippen molar-refractivity contribution in [3.05, 3.63) is 29.8 Å². The summed E-state index contributed by atoms with van der Waals surface area (Å²) in [5.74, 6) is -2.20. The summed E-state index contributed by atoms with van der Waals surface area (Å²) in [7, 11) is 0. The second-order valence-electron chi connectivity index (χ2n) is 5.29. The third-order valence-corrected chi connectivity index (χ3v) is 3.67. The van der Waals surface area contributed by atoms with Crippen molar-refractivity contribution < 1.29 is 24.6 Å². The number of aromatic hydroxyl groups is 1. The number of hydrogen-bond donors (Lipinski definition) is 6. The Balaban J connectivity index is 2.67. The van der Waals surface area contributed by atoms with Crippen LogP contribution in [0.3, 0.4) is 0 Å². The average molecular weight is 355 g/mol. The van der Waals surface area contributed by atoms with Crippen molar-refractivity contribution in [3.63, 3.8) is 0 Å². The van der Waals surface area contributed by atoms with Gasteiger partial charge in [0.1, 0.15) is 17.8 Å². The van der Waals surface area contributed by atoms with Gasteiger partial charge in [-0.2, -0.15) is 12.6 Å². The Morgan fingerprint density at radius 3 is 2.25 bits per heavy atom. The van der Waals surface area contributed by atoms with Crippen LogP contribution in [0.1, 0.15) is 12.5 Å². The molecule has 3 atom stereocenters. The molecular weight excluding hydrogens is 334 g/mol. The summed E-state index contributed by atoms with van der Waals surface area (Å²) in [6.45, 7) is 1.43. The van der Waals surface area contributed by atoms with Crippen LogP contribution >= 0.6 is 12.6 Å². The fourth-order valence-corrected chi connectivity index (χ4v) is 2.00. The summed E-state index contributed by atoms with van der Waals surface area (Å²) in [5, 5.41) is 23.2. The van der Waals surface area contributed by atoms with Crippen molar-refractivity contribution in [2.24, 2.45) is 5.73 Å². The fraction of sp³-hybridized carbons (Fsp3) is 0.400. The number of carboxylic acids is 1. The van der Waals surface area contributed by atoms with E-state index in [4.69, 9.17) is 5.73 Å². The van der Waals surface area contributed by atoms with Gasteiger partial charge in [-0.1, -0.05) is 12.1 Å². The van der Waals surface area contributed by atoms with Crippen molar-refractivity contribution in [1.82, 2.24) is 10.6 Å². The highest BCUT2D eigenvalue weighted by Gasteiger charge is 2.25. The number of aliphatic carboxylic acids is 1. The highest BCUT2D eigenvalue weighted by molar-refractivity contribution is 7.80. The van der Waals surface area contributed by atoms with E-state index in [1.54, 1.807) is 12.1 Å². The van der Waals surface area contributed by atoms with Gasteiger partial charge in [-0.25, -0.2) is 4.79 Å². The van der Waals surface area contributed by atoms with Crippen LogP contribution < -0.4 is 16.4 Å². The first-order valence-corrected chi connectivity index (χ1v) is 7.85. The Hall–Kier alpha value is -2.26. The highest BCUT2D eigenvalue weighted by Crippen LogP contribution is 2.11. The van der Waals surface area contributed by atoms with Crippen LogP contribution in [0.5, 0.6) is 5.75 Å². The molecule has 0 aromatic heterocycles. The summed E-state index contributed by atoms with van der Waals surface area (Å²) in [6, 6.07) is 3.03. The fourth-order valence-electron chi connectivity index (χ4n) is 1.83. The van der Waals surface area contributed by atoms with Gasteiger partial charge in [-0.05, 0) is 24.6 Å². The largest absolute Gasteiger partial charge is 0.508 e. The Morgan fingerprint density at radius 2 is 1.75 bits per heavy atom. The highest BCUT2D eigenvalue weighted by atomic mass is 32.1. The molecule has 1 aromatic rings. The number of carbonyl (C=O) groups is 3. The number of nitrogens with two attached hydrogens (primary N) is 1. The molecule has 1 rings (SSSR count). The van der Waals surface area contributed by atoms with Gasteiger partial charge in [0.2, 0.25) is 11.8 Å². The number of amides is 2. The van der Waals surface area contributed by atoms with Crippen LogP contribution in [0.15, 0.2) is 24.3 Å². The van der Waals surface area contributed by atoms with E-state index in [1.165, 1.54) is 19.1 Å². The van der Waals surface area contributed by atoms with Gasteiger partial charge in [-0.3, -0.25) is 9.59 Å². The lowest BCUT2D eigenvalue weighted by atomic mass is 10.1. The monoisotopic (exact) mass is 355 g/mol. The molecule has 132 valence electrons. The molecule has 2 amide bonds. The normalized spacial score (nSPS) is 14.3. The molecule has 1 aromatic carbocycles. The molecule has 0 saturated carbocycles. The van der Waals surface area contributed by atoms with Crippen LogP contribution in [0.2, 0.25) is 0 Å². The maximum Gasteiger partial charge on any atom is 0.326 e. The molecule has 0 fully saturated rings. The Morgan fingerprint density at radius 1 is 1.17 bits per heavy atom. The number of phenols is 1. The first-order chi connectivity index (χ1) is 11.2. The maximum absolute atomic E-state index is 12.1. The second kappa shape index (κ2) is 9.14. The van der Waals surface area contributed by atoms with Gasteiger partial charge >= 0.3 is 5.97 Å². The molecule has 0 radical (unpaired) electrons. The van der Waals surface area contributed by atoms with Gasteiger partial charge in [0, 0.05) is 12.2 Å². The first-order valence-electron chi connectivity index (χ1n) is 7.22. The summed E-state index contributed by atoms with van der Waals surface area (Å²) in [4.78, 5) is 35.0. The SMILES string of the molecule is C[C@H](NC(=O)[C@@H](N)CS)C(=O)N[C@@H](Cc1ccc(O)cc1)C(=O)O. The first kappa shape index (κ1) is 19.8. The summed E-state index contributed by atoms with van der Waals surface area (Å²) in [6.07, 6.45) is 0.0399. The predicted molar refractivity (Wildman–Crippen MR) is 90.8 cm³/mol. The number of nitrogens with one attached hydrogen (secondary N) is 2. The molecule has 0 bridgehead atoms. The van der Waals surface area contributed by atoms with Crippen LogP contribution in [0.4, 0.5) is 0 Å². The summed E-state index contributed by atoms with van der Waals surface area (Å²) < 4.78 is 0. The zero-order valence-corrected chi connectivity index (χ0v) is 14.0. The molecule has 0 aliphatic carbocycles. The van der Waals surface area contributed by atoms with Gasteiger partial charge < -0.3 is 26.6 Å². The van der Waals surface area contributed by atoms with Crippen LogP contribution in [-0.4, -0.2) is 51.9 Å². The minimum atomic E-state index is -1.21. The van der Waals surface area contributed by atoms with Crippen LogP contribution in [0, 0.1) is 0 Å².